The number of para-hydroxylation sites is 1. The monoisotopic (exact) mass is 303 g/mol. The second-order valence-corrected chi connectivity index (χ2v) is 6.43. The van der Waals surface area contributed by atoms with Crippen molar-refractivity contribution < 1.29 is 9.53 Å². The summed E-state index contributed by atoms with van der Waals surface area (Å²) in [5, 5.41) is 0. The highest BCUT2D eigenvalue weighted by Gasteiger charge is 2.41. The number of carbonyl (C=O) groups is 1. The maximum Gasteiger partial charge on any atom is 0.255 e. The van der Waals surface area contributed by atoms with Gasteiger partial charge in [0.1, 0.15) is 0 Å². The number of hydrogen-bond acceptors (Lipinski definition) is 4. The van der Waals surface area contributed by atoms with Crippen LogP contribution < -0.4 is 4.90 Å². The minimum atomic E-state index is -0.693. The number of hydrogen-bond donors (Lipinski definition) is 0. The van der Waals surface area contributed by atoms with E-state index in [0.717, 1.165) is 32.7 Å². The second kappa shape index (κ2) is 6.26. The number of ether oxygens (including phenoxy) is 1. The number of piperazine rings is 1. The van der Waals surface area contributed by atoms with Crippen LogP contribution >= 0.6 is 0 Å². The van der Waals surface area contributed by atoms with Crippen molar-refractivity contribution in [2.75, 3.05) is 57.8 Å². The molecule has 2 aliphatic heterocycles. The van der Waals surface area contributed by atoms with Crippen LogP contribution in [-0.4, -0.2) is 74.2 Å². The summed E-state index contributed by atoms with van der Waals surface area (Å²) in [6, 6.07) is 10.4. The van der Waals surface area contributed by atoms with E-state index in [-0.39, 0.29) is 5.91 Å². The Balaban J connectivity index is 1.60. The maximum absolute atomic E-state index is 12.8. The van der Waals surface area contributed by atoms with E-state index < -0.39 is 5.60 Å². The SMILES string of the molecule is CN1CCO[C@](C)(C(=O)N2CCN(c3ccccc3)CC2)C1. The molecule has 0 spiro atoms. The molecule has 1 aromatic carbocycles. The van der Waals surface area contributed by atoms with Gasteiger partial charge in [0.05, 0.1) is 6.61 Å². The minimum absolute atomic E-state index is 0.131. The Bertz CT molecular complexity index is 514. The van der Waals surface area contributed by atoms with Crippen LogP contribution in [0.25, 0.3) is 0 Å². The molecule has 0 bridgehead atoms. The molecule has 0 aromatic heterocycles. The van der Waals surface area contributed by atoms with Gasteiger partial charge in [-0.2, -0.15) is 0 Å². The van der Waals surface area contributed by atoms with E-state index in [1.807, 2.05) is 24.9 Å². The first-order valence-electron chi connectivity index (χ1n) is 8.00. The van der Waals surface area contributed by atoms with Crippen molar-refractivity contribution in [1.82, 2.24) is 9.80 Å². The van der Waals surface area contributed by atoms with Crippen molar-refractivity contribution in [2.24, 2.45) is 0 Å². The fourth-order valence-corrected chi connectivity index (χ4v) is 3.34. The molecule has 0 aliphatic carbocycles. The first-order valence-corrected chi connectivity index (χ1v) is 8.00. The molecule has 2 saturated heterocycles. The van der Waals surface area contributed by atoms with Gasteiger partial charge in [0.25, 0.3) is 5.91 Å². The van der Waals surface area contributed by atoms with Gasteiger partial charge in [0.2, 0.25) is 0 Å². The largest absolute Gasteiger partial charge is 0.368 e. The summed E-state index contributed by atoms with van der Waals surface area (Å²) in [6.07, 6.45) is 0. The van der Waals surface area contributed by atoms with Gasteiger partial charge in [-0.05, 0) is 26.1 Å². The lowest BCUT2D eigenvalue weighted by atomic mass is 10.0. The molecule has 3 rings (SSSR count). The van der Waals surface area contributed by atoms with Crippen LogP contribution in [0, 0.1) is 0 Å². The summed E-state index contributed by atoms with van der Waals surface area (Å²) in [6.45, 7) is 7.39. The molecule has 1 amide bonds. The molecule has 5 nitrogen and oxygen atoms in total. The van der Waals surface area contributed by atoms with E-state index in [2.05, 4.69) is 34.1 Å². The smallest absolute Gasteiger partial charge is 0.255 e. The van der Waals surface area contributed by atoms with Gasteiger partial charge >= 0.3 is 0 Å². The molecule has 0 N–H and O–H groups in total. The third kappa shape index (κ3) is 3.10. The Kier molecular flexibility index (Phi) is 4.36. The Morgan fingerprint density at radius 2 is 1.77 bits per heavy atom. The molecule has 1 aromatic rings. The van der Waals surface area contributed by atoms with Gasteiger partial charge in [-0.1, -0.05) is 18.2 Å². The Morgan fingerprint density at radius 3 is 2.41 bits per heavy atom. The molecule has 2 fully saturated rings. The highest BCUT2D eigenvalue weighted by Crippen LogP contribution is 2.22. The van der Waals surface area contributed by atoms with Crippen LogP contribution in [-0.2, 0) is 9.53 Å². The van der Waals surface area contributed by atoms with Crippen molar-refractivity contribution in [3.8, 4) is 0 Å². The highest BCUT2D eigenvalue weighted by atomic mass is 16.5. The molecule has 0 radical (unpaired) electrons. The van der Waals surface area contributed by atoms with Gasteiger partial charge < -0.3 is 19.4 Å². The van der Waals surface area contributed by atoms with Crippen molar-refractivity contribution in [1.29, 1.82) is 0 Å². The first kappa shape index (κ1) is 15.3. The average Bonchev–Trinajstić information content (AvgIpc) is 2.55. The number of anilines is 1. The summed E-state index contributed by atoms with van der Waals surface area (Å²) in [5.74, 6) is 0.131. The number of benzene rings is 1. The van der Waals surface area contributed by atoms with Crippen LogP contribution in [0.15, 0.2) is 30.3 Å². The van der Waals surface area contributed by atoms with Crippen molar-refractivity contribution >= 4 is 11.6 Å². The number of morpholine rings is 1. The van der Waals surface area contributed by atoms with Gasteiger partial charge in [-0.25, -0.2) is 0 Å². The highest BCUT2D eigenvalue weighted by molar-refractivity contribution is 5.85. The molecular formula is C17H25N3O2. The zero-order chi connectivity index (χ0) is 15.6. The normalized spacial score (nSPS) is 27.0. The zero-order valence-electron chi connectivity index (χ0n) is 13.5. The maximum atomic E-state index is 12.8. The van der Waals surface area contributed by atoms with Gasteiger partial charge in [0, 0.05) is 45.0 Å². The number of rotatable bonds is 2. The van der Waals surface area contributed by atoms with Crippen molar-refractivity contribution in [3.05, 3.63) is 30.3 Å². The van der Waals surface area contributed by atoms with Gasteiger partial charge in [-0.15, -0.1) is 0 Å². The topological polar surface area (TPSA) is 36.0 Å². The summed E-state index contributed by atoms with van der Waals surface area (Å²) < 4.78 is 5.82. The zero-order valence-corrected chi connectivity index (χ0v) is 13.5. The third-order valence-corrected chi connectivity index (χ3v) is 4.61. The molecule has 0 unspecified atom stereocenters. The van der Waals surface area contributed by atoms with E-state index in [1.165, 1.54) is 5.69 Å². The van der Waals surface area contributed by atoms with E-state index >= 15 is 0 Å². The average molecular weight is 303 g/mol. The van der Waals surface area contributed by atoms with Gasteiger partial charge in [-0.3, -0.25) is 4.79 Å². The van der Waals surface area contributed by atoms with E-state index in [4.69, 9.17) is 4.74 Å². The summed E-state index contributed by atoms with van der Waals surface area (Å²) >= 11 is 0. The predicted octanol–water partition coefficient (Wildman–Crippen LogP) is 1.06. The van der Waals surface area contributed by atoms with Crippen LogP contribution in [0.2, 0.25) is 0 Å². The second-order valence-electron chi connectivity index (χ2n) is 6.43. The molecular weight excluding hydrogens is 278 g/mol. The molecule has 120 valence electrons. The fourth-order valence-electron chi connectivity index (χ4n) is 3.34. The fraction of sp³-hybridized carbons (Fsp3) is 0.588. The Labute approximate surface area is 132 Å². The van der Waals surface area contributed by atoms with E-state index in [9.17, 15) is 4.79 Å². The minimum Gasteiger partial charge on any atom is -0.368 e. The number of amides is 1. The van der Waals surface area contributed by atoms with Crippen molar-refractivity contribution in [2.45, 2.75) is 12.5 Å². The van der Waals surface area contributed by atoms with Gasteiger partial charge in [0.15, 0.2) is 5.60 Å². The Hall–Kier alpha value is -1.59. The summed E-state index contributed by atoms with van der Waals surface area (Å²) in [4.78, 5) is 19.3. The standard InChI is InChI=1S/C17H25N3O2/c1-17(14-18(2)12-13-22-17)16(21)20-10-8-19(9-11-20)15-6-4-3-5-7-15/h3-7H,8-14H2,1-2H3/t17-/m0/s1. The quantitative estimate of drug-likeness (QED) is 0.818. The number of carbonyl (C=O) groups excluding carboxylic acids is 1. The van der Waals surface area contributed by atoms with Crippen LogP contribution in [0.1, 0.15) is 6.92 Å². The van der Waals surface area contributed by atoms with E-state index in [0.29, 0.717) is 13.2 Å². The van der Waals surface area contributed by atoms with Crippen molar-refractivity contribution in [3.63, 3.8) is 0 Å². The number of likely N-dealkylation sites (N-methyl/N-ethyl adjacent to an activating group) is 1. The Morgan fingerprint density at radius 1 is 1.09 bits per heavy atom. The molecule has 22 heavy (non-hydrogen) atoms. The lowest BCUT2D eigenvalue weighted by molar-refractivity contribution is -0.166. The lowest BCUT2D eigenvalue weighted by Gasteiger charge is -2.43. The predicted molar refractivity (Wildman–Crippen MR) is 87.1 cm³/mol. The lowest BCUT2D eigenvalue weighted by Crippen LogP contribution is -2.61. The molecule has 2 heterocycles. The summed E-state index contributed by atoms with van der Waals surface area (Å²) in [7, 11) is 2.04. The van der Waals surface area contributed by atoms with Crippen LogP contribution in [0.5, 0.6) is 0 Å². The van der Waals surface area contributed by atoms with Crippen LogP contribution in [0.4, 0.5) is 5.69 Å². The third-order valence-electron chi connectivity index (χ3n) is 4.61. The molecule has 1 atom stereocenters. The molecule has 2 aliphatic rings. The van der Waals surface area contributed by atoms with E-state index in [1.54, 1.807) is 0 Å². The number of nitrogens with zero attached hydrogens (tertiary/aromatic N) is 3. The first-order chi connectivity index (χ1) is 10.6. The van der Waals surface area contributed by atoms with Crippen LogP contribution in [0.3, 0.4) is 0 Å². The molecule has 5 heteroatoms. The summed E-state index contributed by atoms with van der Waals surface area (Å²) in [5.41, 5.74) is 0.538. The molecule has 0 saturated carbocycles.